The number of nitrogens with zero attached hydrogens (tertiary/aromatic N) is 4. The minimum atomic E-state index is -0.372. The third-order valence-electron chi connectivity index (χ3n) is 5.65. The van der Waals surface area contributed by atoms with Crippen LogP contribution in [0, 0.1) is 0 Å². The van der Waals surface area contributed by atoms with Crippen molar-refractivity contribution >= 4 is 22.6 Å². The molecule has 0 saturated heterocycles. The topological polar surface area (TPSA) is 133 Å². The molecule has 1 aromatic carbocycles. The second-order valence-electron chi connectivity index (χ2n) is 8.07. The van der Waals surface area contributed by atoms with E-state index in [1.165, 1.54) is 4.57 Å². The summed E-state index contributed by atoms with van der Waals surface area (Å²) >= 11 is 0. The number of benzene rings is 1. The number of carbonyl (C=O) groups excluding carboxylic acids is 1. The molecular formula is C25H24N8O2. The number of fused-ring (bicyclic) bond motifs is 1. The fourth-order valence-electron chi connectivity index (χ4n) is 3.88. The Bertz CT molecular complexity index is 1460. The Kier molecular flexibility index (Phi) is 6.33. The molecule has 0 aliphatic rings. The molecule has 4 aromatic heterocycles. The minimum Gasteiger partial charge on any atom is -0.365 e. The summed E-state index contributed by atoms with van der Waals surface area (Å²) in [7, 11) is 0. The minimum absolute atomic E-state index is 0.156. The molecule has 0 radical (unpaired) electrons. The van der Waals surface area contributed by atoms with Crippen molar-refractivity contribution in [3.63, 3.8) is 0 Å². The van der Waals surface area contributed by atoms with Gasteiger partial charge in [0.15, 0.2) is 5.82 Å². The molecule has 0 aliphatic carbocycles. The van der Waals surface area contributed by atoms with Gasteiger partial charge in [0, 0.05) is 47.3 Å². The molecule has 0 saturated carbocycles. The molecule has 0 spiro atoms. The first kappa shape index (κ1) is 22.1. The van der Waals surface area contributed by atoms with Gasteiger partial charge in [-0.2, -0.15) is 5.10 Å². The number of carbonyl (C=O) groups is 1. The first-order chi connectivity index (χ1) is 17.2. The summed E-state index contributed by atoms with van der Waals surface area (Å²) in [6, 6.07) is 13.8. The van der Waals surface area contributed by atoms with E-state index in [2.05, 4.69) is 35.8 Å². The second kappa shape index (κ2) is 10.0. The Hall–Kier alpha value is -4.73. The number of hydrogen-bond acceptors (Lipinski definition) is 6. The molecule has 0 bridgehead atoms. The number of pyridine rings is 1. The highest BCUT2D eigenvalue weighted by Gasteiger charge is 2.16. The van der Waals surface area contributed by atoms with Crippen LogP contribution < -0.4 is 16.2 Å². The number of H-pyrrole nitrogens is 2. The van der Waals surface area contributed by atoms with E-state index in [1.54, 1.807) is 31.0 Å². The van der Waals surface area contributed by atoms with E-state index in [4.69, 9.17) is 0 Å². The molecule has 4 N–H and O–H groups in total. The van der Waals surface area contributed by atoms with Gasteiger partial charge in [0.05, 0.1) is 24.6 Å². The van der Waals surface area contributed by atoms with Crippen LogP contribution in [0.15, 0.2) is 78.2 Å². The zero-order valence-corrected chi connectivity index (χ0v) is 18.9. The van der Waals surface area contributed by atoms with Crippen molar-refractivity contribution in [1.82, 2.24) is 35.0 Å². The smallest absolute Gasteiger partial charge is 0.294 e. The Morgan fingerprint density at radius 3 is 2.77 bits per heavy atom. The summed E-state index contributed by atoms with van der Waals surface area (Å²) in [5.74, 6) is -0.0980. The molecule has 5 aromatic rings. The van der Waals surface area contributed by atoms with Crippen molar-refractivity contribution in [2.75, 3.05) is 11.9 Å². The third kappa shape index (κ3) is 5.11. The summed E-state index contributed by atoms with van der Waals surface area (Å²) in [6.07, 6.45) is 9.04. The molecule has 176 valence electrons. The lowest BCUT2D eigenvalue weighted by molar-refractivity contribution is -0.121. The zero-order chi connectivity index (χ0) is 24.0. The molecule has 0 atom stereocenters. The fourth-order valence-corrected chi connectivity index (χ4v) is 3.88. The molecule has 35 heavy (non-hydrogen) atoms. The van der Waals surface area contributed by atoms with Crippen LogP contribution >= 0.6 is 0 Å². The highest BCUT2D eigenvalue weighted by Crippen LogP contribution is 2.17. The van der Waals surface area contributed by atoms with Crippen molar-refractivity contribution < 1.29 is 4.79 Å². The highest BCUT2D eigenvalue weighted by atomic mass is 16.2. The van der Waals surface area contributed by atoms with Gasteiger partial charge in [-0.15, -0.1) is 0 Å². The summed E-state index contributed by atoms with van der Waals surface area (Å²) < 4.78 is 1.41. The number of amides is 1. The normalized spacial score (nSPS) is 11.0. The molecule has 0 unspecified atom stereocenters. The van der Waals surface area contributed by atoms with E-state index in [1.807, 2.05) is 42.5 Å². The first-order valence-corrected chi connectivity index (χ1v) is 11.2. The SMILES string of the molecule is O=C(Cn1c(-c2cn[nH]c2)cnc(NCCc2ccccc2)c1=O)NCc1cc2cnccc2[nH]1. The van der Waals surface area contributed by atoms with Crippen LogP contribution in [0.25, 0.3) is 22.2 Å². The lowest BCUT2D eigenvalue weighted by Gasteiger charge is -2.14. The average Bonchev–Trinajstić information content (AvgIpc) is 3.56. The van der Waals surface area contributed by atoms with Crippen molar-refractivity contribution in [2.45, 2.75) is 19.5 Å². The van der Waals surface area contributed by atoms with Crippen LogP contribution in [0.2, 0.25) is 0 Å². The zero-order valence-electron chi connectivity index (χ0n) is 18.9. The van der Waals surface area contributed by atoms with Gasteiger partial charge in [0.25, 0.3) is 5.56 Å². The van der Waals surface area contributed by atoms with Gasteiger partial charge in [-0.05, 0) is 24.1 Å². The van der Waals surface area contributed by atoms with Gasteiger partial charge >= 0.3 is 0 Å². The summed E-state index contributed by atoms with van der Waals surface area (Å²) in [4.78, 5) is 37.8. The molecule has 10 heteroatoms. The second-order valence-corrected chi connectivity index (χ2v) is 8.07. The molecule has 1 amide bonds. The number of aromatic nitrogens is 6. The first-order valence-electron chi connectivity index (χ1n) is 11.2. The number of nitrogens with one attached hydrogen (secondary N) is 4. The standard InChI is InChI=1S/C25H24N8O2/c34-23(28-14-20-10-18-11-26-8-7-21(18)32-20)16-33-22(19-12-30-31-13-19)15-29-24(25(33)35)27-9-6-17-4-2-1-3-5-17/h1-5,7-8,10-13,15,32H,6,9,14,16H2,(H,27,29)(H,28,34)(H,30,31). The van der Waals surface area contributed by atoms with Crippen molar-refractivity contribution in [3.05, 3.63) is 95.1 Å². The Morgan fingerprint density at radius 1 is 1.09 bits per heavy atom. The van der Waals surface area contributed by atoms with Crippen molar-refractivity contribution in [2.24, 2.45) is 0 Å². The lowest BCUT2D eigenvalue weighted by atomic mass is 10.1. The highest BCUT2D eigenvalue weighted by molar-refractivity contribution is 5.80. The van der Waals surface area contributed by atoms with Crippen LogP contribution in [0.1, 0.15) is 11.3 Å². The Balaban J connectivity index is 1.31. The number of hydrogen-bond donors (Lipinski definition) is 4. The van der Waals surface area contributed by atoms with E-state index in [0.29, 0.717) is 24.3 Å². The number of rotatable bonds is 9. The van der Waals surface area contributed by atoms with E-state index >= 15 is 0 Å². The van der Waals surface area contributed by atoms with Gasteiger partial charge in [0.1, 0.15) is 6.54 Å². The predicted molar refractivity (Wildman–Crippen MR) is 133 cm³/mol. The molecular weight excluding hydrogens is 444 g/mol. The van der Waals surface area contributed by atoms with Gasteiger partial charge in [0.2, 0.25) is 5.91 Å². The van der Waals surface area contributed by atoms with Crippen LogP contribution in [0.4, 0.5) is 5.82 Å². The molecule has 0 aliphatic heterocycles. The van der Waals surface area contributed by atoms with Gasteiger partial charge in [-0.3, -0.25) is 24.2 Å². The Morgan fingerprint density at radius 2 is 1.97 bits per heavy atom. The van der Waals surface area contributed by atoms with Crippen LogP contribution in [0.5, 0.6) is 0 Å². The van der Waals surface area contributed by atoms with E-state index in [0.717, 1.165) is 28.6 Å². The maximum Gasteiger partial charge on any atom is 0.294 e. The van der Waals surface area contributed by atoms with Gasteiger partial charge < -0.3 is 15.6 Å². The maximum atomic E-state index is 13.3. The molecule has 0 fully saturated rings. The summed E-state index contributed by atoms with van der Waals surface area (Å²) in [6.45, 7) is 0.687. The number of anilines is 1. The molecule has 5 rings (SSSR count). The third-order valence-corrected chi connectivity index (χ3v) is 5.65. The fraction of sp³-hybridized carbons (Fsp3) is 0.160. The van der Waals surface area contributed by atoms with Crippen molar-refractivity contribution in [1.29, 1.82) is 0 Å². The summed E-state index contributed by atoms with van der Waals surface area (Å²) in [5.41, 5.74) is 3.75. The van der Waals surface area contributed by atoms with Crippen molar-refractivity contribution in [3.8, 4) is 11.3 Å². The maximum absolute atomic E-state index is 13.3. The van der Waals surface area contributed by atoms with E-state index in [9.17, 15) is 9.59 Å². The predicted octanol–water partition coefficient (Wildman–Crippen LogP) is 2.48. The molecule has 10 nitrogen and oxygen atoms in total. The lowest BCUT2D eigenvalue weighted by Crippen LogP contribution is -2.34. The largest absolute Gasteiger partial charge is 0.365 e. The van der Waals surface area contributed by atoms with Crippen LogP contribution in [-0.4, -0.2) is 42.2 Å². The monoisotopic (exact) mass is 468 g/mol. The van der Waals surface area contributed by atoms with Crippen LogP contribution in [0.3, 0.4) is 0 Å². The quantitative estimate of drug-likeness (QED) is 0.263. The average molecular weight is 469 g/mol. The molecule has 4 heterocycles. The van der Waals surface area contributed by atoms with E-state index < -0.39 is 0 Å². The van der Waals surface area contributed by atoms with Crippen LogP contribution in [-0.2, 0) is 24.3 Å². The Labute approximate surface area is 200 Å². The summed E-state index contributed by atoms with van der Waals surface area (Å²) in [5, 5.41) is 13.6. The van der Waals surface area contributed by atoms with E-state index in [-0.39, 0.29) is 23.8 Å². The van der Waals surface area contributed by atoms with Gasteiger partial charge in [-0.1, -0.05) is 30.3 Å². The number of aromatic amines is 2. The van der Waals surface area contributed by atoms with Gasteiger partial charge in [-0.25, -0.2) is 4.98 Å².